The topological polar surface area (TPSA) is 20.2 Å². The number of allylic oxidation sites excluding steroid dienone is 3. The van der Waals surface area contributed by atoms with E-state index in [1.165, 1.54) is 57.8 Å². The standard InChI is InChI=1S/C30H50O/c1-7-8-22(20(2)3)10-9-21(4)26-13-14-27-25-12-11-23-19-24(31)15-17-29(23,5)28(25)16-18-30(26,27)6/h8,11,20-21,24-28,31H,7,9-10,12-19H2,1-6H3/b22-8-. The number of rotatable bonds is 6. The molecule has 0 radical (unpaired) electrons. The van der Waals surface area contributed by atoms with Crippen LogP contribution in [0, 0.1) is 46.3 Å². The van der Waals surface area contributed by atoms with Crippen molar-refractivity contribution < 1.29 is 5.11 Å². The van der Waals surface area contributed by atoms with E-state index in [-0.39, 0.29) is 6.10 Å². The van der Waals surface area contributed by atoms with Gasteiger partial charge in [0, 0.05) is 0 Å². The van der Waals surface area contributed by atoms with Crippen LogP contribution in [0.15, 0.2) is 23.3 Å². The third kappa shape index (κ3) is 4.11. The van der Waals surface area contributed by atoms with E-state index < -0.39 is 0 Å². The van der Waals surface area contributed by atoms with Crippen molar-refractivity contribution in [1.29, 1.82) is 0 Å². The summed E-state index contributed by atoms with van der Waals surface area (Å²) in [5, 5.41) is 10.3. The zero-order valence-corrected chi connectivity index (χ0v) is 21.4. The first-order chi connectivity index (χ1) is 14.7. The average molecular weight is 427 g/mol. The molecule has 0 heterocycles. The molecule has 4 aliphatic rings. The molecular formula is C30H50O. The van der Waals surface area contributed by atoms with Gasteiger partial charge in [-0.15, -0.1) is 0 Å². The van der Waals surface area contributed by atoms with Crippen LogP contribution in [0.25, 0.3) is 0 Å². The molecule has 0 bridgehead atoms. The van der Waals surface area contributed by atoms with Gasteiger partial charge in [-0.25, -0.2) is 0 Å². The Morgan fingerprint density at radius 3 is 2.58 bits per heavy atom. The van der Waals surface area contributed by atoms with Crippen molar-refractivity contribution in [3.05, 3.63) is 23.3 Å². The molecule has 0 saturated heterocycles. The minimum absolute atomic E-state index is 0.0843. The molecule has 176 valence electrons. The first-order valence-electron chi connectivity index (χ1n) is 13.8. The van der Waals surface area contributed by atoms with Crippen LogP contribution in [-0.2, 0) is 0 Å². The summed E-state index contributed by atoms with van der Waals surface area (Å²) in [6.07, 6.45) is 19.2. The van der Waals surface area contributed by atoms with Crippen molar-refractivity contribution in [3.63, 3.8) is 0 Å². The summed E-state index contributed by atoms with van der Waals surface area (Å²) in [5.74, 6) is 5.15. The van der Waals surface area contributed by atoms with Gasteiger partial charge in [0.25, 0.3) is 0 Å². The Morgan fingerprint density at radius 2 is 1.87 bits per heavy atom. The molecule has 0 aromatic rings. The van der Waals surface area contributed by atoms with Gasteiger partial charge in [-0.2, -0.15) is 0 Å². The van der Waals surface area contributed by atoms with Crippen LogP contribution >= 0.6 is 0 Å². The van der Waals surface area contributed by atoms with Crippen LogP contribution in [0.4, 0.5) is 0 Å². The van der Waals surface area contributed by atoms with Gasteiger partial charge in [-0.1, -0.05) is 64.8 Å². The lowest BCUT2D eigenvalue weighted by Crippen LogP contribution is -2.50. The Balaban J connectivity index is 1.47. The second-order valence-corrected chi connectivity index (χ2v) is 12.7. The van der Waals surface area contributed by atoms with E-state index >= 15 is 0 Å². The molecule has 1 nitrogen and oxygen atoms in total. The monoisotopic (exact) mass is 426 g/mol. The Morgan fingerprint density at radius 1 is 1.10 bits per heavy atom. The first kappa shape index (κ1) is 23.6. The molecule has 1 heteroatoms. The van der Waals surface area contributed by atoms with Crippen LogP contribution in [0.3, 0.4) is 0 Å². The quantitative estimate of drug-likeness (QED) is 0.423. The third-order valence-corrected chi connectivity index (χ3v) is 10.9. The minimum atomic E-state index is -0.0843. The van der Waals surface area contributed by atoms with Gasteiger partial charge < -0.3 is 5.11 Å². The highest BCUT2D eigenvalue weighted by atomic mass is 16.3. The summed E-state index contributed by atoms with van der Waals surface area (Å²) in [6, 6.07) is 0. The molecule has 8 unspecified atom stereocenters. The molecule has 4 aliphatic carbocycles. The Labute approximate surface area is 193 Å². The lowest BCUT2D eigenvalue weighted by Gasteiger charge is -2.58. The van der Waals surface area contributed by atoms with Crippen LogP contribution in [0.5, 0.6) is 0 Å². The highest BCUT2D eigenvalue weighted by molar-refractivity contribution is 5.25. The van der Waals surface area contributed by atoms with Gasteiger partial charge in [0.1, 0.15) is 0 Å². The highest BCUT2D eigenvalue weighted by Gasteiger charge is 2.59. The largest absolute Gasteiger partial charge is 0.393 e. The van der Waals surface area contributed by atoms with Crippen molar-refractivity contribution in [2.75, 3.05) is 0 Å². The first-order valence-corrected chi connectivity index (χ1v) is 13.8. The lowest BCUT2D eigenvalue weighted by molar-refractivity contribution is -0.0571. The van der Waals surface area contributed by atoms with Crippen molar-refractivity contribution in [3.8, 4) is 0 Å². The van der Waals surface area contributed by atoms with Crippen molar-refractivity contribution >= 4 is 0 Å². The van der Waals surface area contributed by atoms with Crippen LogP contribution in [0.1, 0.15) is 112 Å². The summed E-state index contributed by atoms with van der Waals surface area (Å²) in [5.41, 5.74) is 4.24. The van der Waals surface area contributed by atoms with E-state index in [0.717, 1.165) is 42.4 Å². The molecule has 31 heavy (non-hydrogen) atoms. The molecule has 0 amide bonds. The van der Waals surface area contributed by atoms with Gasteiger partial charge in [-0.3, -0.25) is 0 Å². The van der Waals surface area contributed by atoms with Gasteiger partial charge in [0.05, 0.1) is 6.10 Å². The summed E-state index contributed by atoms with van der Waals surface area (Å²) in [7, 11) is 0. The zero-order valence-electron chi connectivity index (χ0n) is 21.4. The van der Waals surface area contributed by atoms with Gasteiger partial charge in [-0.05, 0) is 117 Å². The number of aliphatic hydroxyl groups is 1. The SMILES string of the molecule is CC/C=C(/CCC(C)C1CCC2C3CC=C4CC(O)CCC4(C)C3CCC12C)C(C)C. The fraction of sp³-hybridized carbons (Fsp3) is 0.867. The molecule has 4 rings (SSSR count). The molecule has 0 aliphatic heterocycles. The summed E-state index contributed by atoms with van der Waals surface area (Å²) >= 11 is 0. The molecule has 0 spiro atoms. The van der Waals surface area contributed by atoms with Crippen molar-refractivity contribution in [2.45, 2.75) is 118 Å². The smallest absolute Gasteiger partial charge is 0.0577 e. The summed E-state index contributed by atoms with van der Waals surface area (Å²) in [4.78, 5) is 0. The molecule has 3 fully saturated rings. The maximum atomic E-state index is 10.3. The van der Waals surface area contributed by atoms with Crippen LogP contribution < -0.4 is 0 Å². The lowest BCUT2D eigenvalue weighted by atomic mass is 9.47. The normalized spacial score (nSPS) is 43.8. The molecule has 8 atom stereocenters. The van der Waals surface area contributed by atoms with Gasteiger partial charge >= 0.3 is 0 Å². The maximum Gasteiger partial charge on any atom is 0.0577 e. The van der Waals surface area contributed by atoms with Crippen molar-refractivity contribution in [1.82, 2.24) is 0 Å². The molecule has 0 aromatic heterocycles. The Hall–Kier alpha value is -0.560. The van der Waals surface area contributed by atoms with E-state index in [0.29, 0.717) is 16.7 Å². The van der Waals surface area contributed by atoms with Crippen LogP contribution in [-0.4, -0.2) is 11.2 Å². The molecule has 0 aromatic carbocycles. The predicted molar refractivity (Wildman–Crippen MR) is 133 cm³/mol. The minimum Gasteiger partial charge on any atom is -0.393 e. The fourth-order valence-electron chi connectivity index (χ4n) is 9.10. The molecule has 1 N–H and O–H groups in total. The van der Waals surface area contributed by atoms with Gasteiger partial charge in [0.2, 0.25) is 0 Å². The number of fused-ring (bicyclic) bond motifs is 5. The maximum absolute atomic E-state index is 10.3. The fourth-order valence-corrected chi connectivity index (χ4v) is 9.10. The predicted octanol–water partition coefficient (Wildman–Crippen LogP) is 8.34. The summed E-state index contributed by atoms with van der Waals surface area (Å²) in [6.45, 7) is 14.9. The molecular weight excluding hydrogens is 376 g/mol. The highest BCUT2D eigenvalue weighted by Crippen LogP contribution is 2.67. The second kappa shape index (κ2) is 9.00. The number of aliphatic hydroxyl groups excluding tert-OH is 1. The summed E-state index contributed by atoms with van der Waals surface area (Å²) < 4.78 is 0. The van der Waals surface area contributed by atoms with Crippen LogP contribution in [0.2, 0.25) is 0 Å². The van der Waals surface area contributed by atoms with E-state index in [1.807, 2.05) is 0 Å². The number of hydrogen-bond donors (Lipinski definition) is 1. The molecule has 3 saturated carbocycles. The van der Waals surface area contributed by atoms with E-state index in [2.05, 4.69) is 53.7 Å². The van der Waals surface area contributed by atoms with Gasteiger partial charge in [0.15, 0.2) is 0 Å². The van der Waals surface area contributed by atoms with E-state index in [4.69, 9.17) is 0 Å². The van der Waals surface area contributed by atoms with E-state index in [9.17, 15) is 5.11 Å². The average Bonchev–Trinajstić information content (AvgIpc) is 3.08. The second-order valence-electron chi connectivity index (χ2n) is 12.7. The number of hydrogen-bond acceptors (Lipinski definition) is 1. The van der Waals surface area contributed by atoms with Crippen molar-refractivity contribution in [2.24, 2.45) is 46.3 Å². The zero-order chi connectivity index (χ0) is 22.4. The third-order valence-electron chi connectivity index (χ3n) is 10.9. The Bertz CT molecular complexity index is 701. The van der Waals surface area contributed by atoms with E-state index in [1.54, 1.807) is 11.1 Å². The Kier molecular flexibility index (Phi) is 6.85.